The summed E-state index contributed by atoms with van der Waals surface area (Å²) >= 11 is 6.07. The molecule has 1 aliphatic heterocycles. The molecule has 0 aromatic heterocycles. The maximum Gasteiger partial charge on any atom is 0.138 e. The van der Waals surface area contributed by atoms with Gasteiger partial charge in [-0.2, -0.15) is 0 Å². The summed E-state index contributed by atoms with van der Waals surface area (Å²) in [5.74, 6) is 0.593. The van der Waals surface area contributed by atoms with E-state index in [2.05, 4.69) is 27.7 Å². The minimum Gasteiger partial charge on any atom is -0.489 e. The molecule has 0 amide bonds. The molecule has 5 heteroatoms. The largest absolute Gasteiger partial charge is 0.489 e. The number of benzene rings is 1. The minimum atomic E-state index is -0.588. The molecule has 4 nitrogen and oxygen atoms in total. The summed E-state index contributed by atoms with van der Waals surface area (Å²) < 4.78 is 5.65. The molecular formula is C18H29ClNO3+. The predicted molar refractivity (Wildman–Crippen MR) is 92.2 cm³/mol. The van der Waals surface area contributed by atoms with Crippen LogP contribution in [0.25, 0.3) is 0 Å². The van der Waals surface area contributed by atoms with Crippen LogP contribution in [-0.4, -0.2) is 46.7 Å². The van der Waals surface area contributed by atoms with E-state index in [-0.39, 0.29) is 23.8 Å². The highest BCUT2D eigenvalue weighted by molar-refractivity contribution is 6.32. The number of piperidine rings is 1. The molecule has 1 fully saturated rings. The van der Waals surface area contributed by atoms with E-state index in [1.54, 1.807) is 12.1 Å². The highest BCUT2D eigenvalue weighted by atomic mass is 35.5. The highest BCUT2D eigenvalue weighted by Crippen LogP contribution is 2.25. The number of hydrogen-bond donors (Lipinski definition) is 3. The van der Waals surface area contributed by atoms with Crippen LogP contribution in [0.15, 0.2) is 24.3 Å². The Morgan fingerprint density at radius 2 is 1.78 bits per heavy atom. The first-order valence-corrected chi connectivity index (χ1v) is 8.60. The number of hydrogen-bond acceptors (Lipinski definition) is 3. The van der Waals surface area contributed by atoms with E-state index in [9.17, 15) is 10.2 Å². The maximum absolute atomic E-state index is 10.4. The molecular weight excluding hydrogens is 314 g/mol. The Balaban J connectivity index is 1.98. The van der Waals surface area contributed by atoms with E-state index in [1.165, 1.54) is 4.90 Å². The zero-order valence-corrected chi connectivity index (χ0v) is 15.2. The smallest absolute Gasteiger partial charge is 0.138 e. The minimum absolute atomic E-state index is 0.0907. The third kappa shape index (κ3) is 4.60. The van der Waals surface area contributed by atoms with Crippen LogP contribution in [0.5, 0.6) is 5.75 Å². The van der Waals surface area contributed by atoms with Crippen molar-refractivity contribution in [1.82, 2.24) is 0 Å². The maximum atomic E-state index is 10.4. The third-order valence-electron chi connectivity index (χ3n) is 4.83. The van der Waals surface area contributed by atoms with E-state index in [1.807, 2.05) is 12.1 Å². The number of likely N-dealkylation sites (tertiary alicyclic amines) is 1. The van der Waals surface area contributed by atoms with E-state index >= 15 is 0 Å². The number of quaternary nitrogens is 1. The molecule has 23 heavy (non-hydrogen) atoms. The van der Waals surface area contributed by atoms with Crippen molar-refractivity contribution < 1.29 is 19.8 Å². The van der Waals surface area contributed by atoms with E-state index in [0.717, 1.165) is 12.8 Å². The van der Waals surface area contributed by atoms with Crippen molar-refractivity contribution in [2.75, 3.05) is 13.2 Å². The van der Waals surface area contributed by atoms with Crippen molar-refractivity contribution in [3.63, 3.8) is 0 Å². The number of rotatable bonds is 5. The lowest BCUT2D eigenvalue weighted by atomic mass is 9.78. The van der Waals surface area contributed by atoms with Crippen LogP contribution in [0.1, 0.15) is 40.5 Å². The molecule has 0 spiro atoms. The van der Waals surface area contributed by atoms with Crippen LogP contribution in [0.2, 0.25) is 5.02 Å². The lowest BCUT2D eigenvalue weighted by Gasteiger charge is -2.51. The standard InChI is InChI=1S/C18H28ClNO3/c1-17(2)9-13(21)10-18(3,4)20(17)11-14(22)12-23-16-8-6-5-7-15(16)19/h5-8,13-14,21-22H,9-12H2,1-4H3/p+1/t14-/m1/s1. The average molecular weight is 343 g/mol. The second kappa shape index (κ2) is 6.98. The molecule has 0 saturated carbocycles. The Labute approximate surface area is 144 Å². The predicted octanol–water partition coefficient (Wildman–Crippen LogP) is 1.68. The number of ether oxygens (including phenoxy) is 1. The number of aliphatic hydroxyl groups excluding tert-OH is 2. The SMILES string of the molecule is CC1(C)CC(O)CC(C)(C)[NH+]1C[C@@H](O)COc1ccccc1Cl. The molecule has 0 bridgehead atoms. The van der Waals surface area contributed by atoms with Crippen molar-refractivity contribution in [1.29, 1.82) is 0 Å². The van der Waals surface area contributed by atoms with Crippen LogP contribution in [0.3, 0.4) is 0 Å². The normalized spacial score (nSPS) is 27.4. The van der Waals surface area contributed by atoms with Crippen molar-refractivity contribution in [2.45, 2.75) is 63.8 Å². The van der Waals surface area contributed by atoms with Crippen LogP contribution < -0.4 is 9.64 Å². The van der Waals surface area contributed by atoms with Gasteiger partial charge >= 0.3 is 0 Å². The molecule has 1 atom stereocenters. The topological polar surface area (TPSA) is 54.1 Å². The van der Waals surface area contributed by atoms with Crippen molar-refractivity contribution >= 4 is 11.6 Å². The van der Waals surface area contributed by atoms with Gasteiger partial charge < -0.3 is 19.8 Å². The van der Waals surface area contributed by atoms with Gasteiger partial charge in [-0.05, 0) is 39.8 Å². The Kier molecular flexibility index (Phi) is 5.62. The number of halogens is 1. The molecule has 2 rings (SSSR count). The van der Waals surface area contributed by atoms with E-state index < -0.39 is 6.10 Å². The molecule has 130 valence electrons. The second-order valence-corrected chi connectivity index (χ2v) is 8.31. The summed E-state index contributed by atoms with van der Waals surface area (Å²) in [6.07, 6.45) is 0.614. The molecule has 3 N–H and O–H groups in total. The van der Waals surface area contributed by atoms with Gasteiger partial charge in [0.25, 0.3) is 0 Å². The van der Waals surface area contributed by atoms with Crippen molar-refractivity contribution in [2.24, 2.45) is 0 Å². The molecule has 0 aliphatic carbocycles. The Hall–Kier alpha value is -0.810. The van der Waals surface area contributed by atoms with Crippen molar-refractivity contribution in [3.05, 3.63) is 29.3 Å². The van der Waals surface area contributed by atoms with Gasteiger partial charge in [0.1, 0.15) is 25.0 Å². The van der Waals surface area contributed by atoms with Crippen LogP contribution in [-0.2, 0) is 0 Å². The average Bonchev–Trinajstić information content (AvgIpc) is 2.41. The Bertz CT molecular complexity index is 515. The fraction of sp³-hybridized carbons (Fsp3) is 0.667. The monoisotopic (exact) mass is 342 g/mol. The summed E-state index contributed by atoms with van der Waals surface area (Å²) in [6.45, 7) is 9.38. The molecule has 1 saturated heterocycles. The summed E-state index contributed by atoms with van der Waals surface area (Å²) in [5, 5.41) is 21.1. The van der Waals surface area contributed by atoms with Gasteiger partial charge in [-0.15, -0.1) is 0 Å². The van der Waals surface area contributed by atoms with E-state index in [4.69, 9.17) is 16.3 Å². The summed E-state index contributed by atoms with van der Waals surface area (Å²) in [4.78, 5) is 1.30. The first kappa shape index (κ1) is 18.5. The summed E-state index contributed by atoms with van der Waals surface area (Å²) in [5.41, 5.74) is -0.181. The van der Waals surface area contributed by atoms with E-state index in [0.29, 0.717) is 17.3 Å². The van der Waals surface area contributed by atoms with Crippen molar-refractivity contribution in [3.8, 4) is 5.75 Å². The molecule has 1 aromatic rings. The van der Waals surface area contributed by atoms with Crippen LogP contribution >= 0.6 is 11.6 Å². The lowest BCUT2D eigenvalue weighted by Crippen LogP contribution is -3.27. The molecule has 0 unspecified atom stereocenters. The Morgan fingerprint density at radius 1 is 1.22 bits per heavy atom. The zero-order chi connectivity index (χ0) is 17.3. The van der Waals surface area contributed by atoms with Gasteiger partial charge in [0.2, 0.25) is 0 Å². The Morgan fingerprint density at radius 3 is 2.35 bits per heavy atom. The quantitative estimate of drug-likeness (QED) is 0.763. The first-order chi connectivity index (χ1) is 10.6. The van der Waals surface area contributed by atoms with Crippen LogP contribution in [0.4, 0.5) is 0 Å². The van der Waals surface area contributed by atoms with Gasteiger partial charge in [-0.3, -0.25) is 0 Å². The molecule has 0 radical (unpaired) electrons. The third-order valence-corrected chi connectivity index (χ3v) is 5.15. The fourth-order valence-electron chi connectivity index (χ4n) is 4.01. The lowest BCUT2D eigenvalue weighted by molar-refractivity contribution is -1.00. The van der Waals surface area contributed by atoms with Gasteiger partial charge in [0, 0.05) is 12.8 Å². The summed E-state index contributed by atoms with van der Waals surface area (Å²) in [7, 11) is 0. The van der Waals surface area contributed by atoms with Gasteiger partial charge in [-0.1, -0.05) is 23.7 Å². The number of nitrogens with one attached hydrogen (secondary N) is 1. The molecule has 1 heterocycles. The second-order valence-electron chi connectivity index (χ2n) is 7.91. The summed E-state index contributed by atoms with van der Waals surface area (Å²) in [6, 6.07) is 7.27. The van der Waals surface area contributed by atoms with Crippen LogP contribution in [0, 0.1) is 0 Å². The highest BCUT2D eigenvalue weighted by Gasteiger charge is 2.49. The zero-order valence-electron chi connectivity index (χ0n) is 14.5. The molecule has 1 aromatic carbocycles. The number of aliphatic hydroxyl groups is 2. The van der Waals surface area contributed by atoms with Gasteiger partial charge in [-0.25, -0.2) is 0 Å². The molecule has 1 aliphatic rings. The fourth-order valence-corrected chi connectivity index (χ4v) is 4.20. The number of para-hydroxylation sites is 1. The van der Waals surface area contributed by atoms with Gasteiger partial charge in [0.05, 0.1) is 22.2 Å². The first-order valence-electron chi connectivity index (χ1n) is 8.22. The van der Waals surface area contributed by atoms with Gasteiger partial charge in [0.15, 0.2) is 0 Å².